The molecule has 14 heavy (non-hydrogen) atoms. The van der Waals surface area contributed by atoms with Crippen LogP contribution in [0.2, 0.25) is 0 Å². The Labute approximate surface area is 84.5 Å². The molecule has 0 amide bonds. The van der Waals surface area contributed by atoms with Gasteiger partial charge in [0.1, 0.15) is 0 Å². The van der Waals surface area contributed by atoms with Crippen LogP contribution in [0, 0.1) is 11.3 Å². The molecule has 4 heteroatoms. The van der Waals surface area contributed by atoms with Crippen molar-refractivity contribution < 1.29 is 15.1 Å². The lowest BCUT2D eigenvalue weighted by molar-refractivity contribution is -0.235. The van der Waals surface area contributed by atoms with Crippen LogP contribution in [0.1, 0.15) is 34.1 Å². The van der Waals surface area contributed by atoms with Gasteiger partial charge in [0.2, 0.25) is 0 Å². The molecule has 1 fully saturated rings. The SMILES string of the molecule is CC1(C)C(C(=O)O)CCN(O)C1(C)C. The van der Waals surface area contributed by atoms with E-state index in [-0.39, 0.29) is 5.92 Å². The first-order valence-corrected chi connectivity index (χ1v) is 4.90. The Morgan fingerprint density at radius 3 is 2.29 bits per heavy atom. The number of carbonyl (C=O) groups is 1. The first-order valence-electron chi connectivity index (χ1n) is 4.90. The van der Waals surface area contributed by atoms with Crippen molar-refractivity contribution in [3.63, 3.8) is 0 Å². The van der Waals surface area contributed by atoms with Crippen molar-refractivity contribution in [1.82, 2.24) is 5.06 Å². The number of hydrogen-bond acceptors (Lipinski definition) is 3. The van der Waals surface area contributed by atoms with Crippen LogP contribution in [0.5, 0.6) is 0 Å². The van der Waals surface area contributed by atoms with E-state index in [4.69, 9.17) is 5.11 Å². The molecule has 1 heterocycles. The maximum atomic E-state index is 11.1. The third-order valence-electron chi connectivity index (χ3n) is 4.02. The molecule has 1 aliphatic heterocycles. The fourth-order valence-corrected chi connectivity index (χ4v) is 2.08. The van der Waals surface area contributed by atoms with Crippen LogP contribution >= 0.6 is 0 Å². The van der Waals surface area contributed by atoms with Gasteiger partial charge in [0, 0.05) is 12.1 Å². The summed E-state index contributed by atoms with van der Waals surface area (Å²) in [7, 11) is 0. The molecule has 0 aromatic rings. The van der Waals surface area contributed by atoms with Gasteiger partial charge in [-0.25, -0.2) is 0 Å². The summed E-state index contributed by atoms with van der Waals surface area (Å²) in [6.45, 7) is 7.97. The van der Waals surface area contributed by atoms with Crippen molar-refractivity contribution in [2.24, 2.45) is 11.3 Å². The quantitative estimate of drug-likeness (QED) is 0.676. The second-order valence-corrected chi connectivity index (χ2v) is 5.08. The Kier molecular flexibility index (Phi) is 2.63. The normalized spacial score (nSPS) is 31.4. The van der Waals surface area contributed by atoms with Gasteiger partial charge < -0.3 is 10.3 Å². The highest BCUT2D eigenvalue weighted by molar-refractivity contribution is 5.71. The second-order valence-electron chi connectivity index (χ2n) is 5.08. The van der Waals surface area contributed by atoms with E-state index in [1.807, 2.05) is 27.7 Å². The van der Waals surface area contributed by atoms with Crippen molar-refractivity contribution in [3.8, 4) is 0 Å². The maximum absolute atomic E-state index is 11.1. The molecule has 1 rings (SSSR count). The topological polar surface area (TPSA) is 60.8 Å². The van der Waals surface area contributed by atoms with Gasteiger partial charge in [0.15, 0.2) is 0 Å². The van der Waals surface area contributed by atoms with Gasteiger partial charge in [-0.3, -0.25) is 4.79 Å². The molecule has 0 radical (unpaired) electrons. The molecule has 0 saturated carbocycles. The summed E-state index contributed by atoms with van der Waals surface area (Å²) in [5.41, 5.74) is -0.944. The zero-order valence-corrected chi connectivity index (χ0v) is 9.24. The fraction of sp³-hybridized carbons (Fsp3) is 0.900. The van der Waals surface area contributed by atoms with Gasteiger partial charge in [0.05, 0.1) is 5.92 Å². The second kappa shape index (κ2) is 3.21. The van der Waals surface area contributed by atoms with Gasteiger partial charge in [-0.1, -0.05) is 13.8 Å². The Morgan fingerprint density at radius 1 is 1.36 bits per heavy atom. The van der Waals surface area contributed by atoms with E-state index in [1.165, 1.54) is 5.06 Å². The summed E-state index contributed by atoms with van der Waals surface area (Å²) < 4.78 is 0. The summed E-state index contributed by atoms with van der Waals surface area (Å²) in [4.78, 5) is 11.1. The van der Waals surface area contributed by atoms with Gasteiger partial charge in [-0.2, -0.15) is 5.06 Å². The average Bonchev–Trinajstić information content (AvgIpc) is 2.00. The first kappa shape index (κ1) is 11.5. The number of piperidine rings is 1. The zero-order chi connectivity index (χ0) is 11.1. The number of nitrogens with zero attached hydrogens (tertiary/aromatic N) is 1. The molecular weight excluding hydrogens is 182 g/mol. The van der Waals surface area contributed by atoms with E-state index in [0.717, 1.165) is 0 Å². The van der Waals surface area contributed by atoms with E-state index in [0.29, 0.717) is 13.0 Å². The summed E-state index contributed by atoms with van der Waals surface area (Å²) in [6.07, 6.45) is 0.502. The molecule has 1 saturated heterocycles. The number of rotatable bonds is 1. The maximum Gasteiger partial charge on any atom is 0.307 e. The van der Waals surface area contributed by atoms with E-state index < -0.39 is 16.9 Å². The van der Waals surface area contributed by atoms with Crippen molar-refractivity contribution in [2.75, 3.05) is 6.54 Å². The lowest BCUT2D eigenvalue weighted by Gasteiger charge is -2.53. The molecular formula is C10H19NO3. The van der Waals surface area contributed by atoms with E-state index in [9.17, 15) is 10.0 Å². The van der Waals surface area contributed by atoms with Crippen molar-refractivity contribution >= 4 is 5.97 Å². The van der Waals surface area contributed by atoms with Crippen LogP contribution in [0.4, 0.5) is 0 Å². The zero-order valence-electron chi connectivity index (χ0n) is 9.24. The van der Waals surface area contributed by atoms with E-state index >= 15 is 0 Å². The van der Waals surface area contributed by atoms with Crippen LogP contribution in [0.25, 0.3) is 0 Å². The monoisotopic (exact) mass is 201 g/mol. The molecule has 82 valence electrons. The van der Waals surface area contributed by atoms with Gasteiger partial charge in [-0.05, 0) is 25.7 Å². The highest BCUT2D eigenvalue weighted by Crippen LogP contribution is 2.46. The molecule has 1 aliphatic rings. The highest BCUT2D eigenvalue weighted by atomic mass is 16.5. The lowest BCUT2D eigenvalue weighted by atomic mass is 9.62. The smallest absolute Gasteiger partial charge is 0.307 e. The minimum Gasteiger partial charge on any atom is -0.481 e. The summed E-state index contributed by atoms with van der Waals surface area (Å²) in [6, 6.07) is 0. The minimum absolute atomic E-state index is 0.388. The van der Waals surface area contributed by atoms with E-state index in [2.05, 4.69) is 0 Å². The fourth-order valence-electron chi connectivity index (χ4n) is 2.08. The molecule has 1 atom stereocenters. The van der Waals surface area contributed by atoms with Crippen molar-refractivity contribution in [3.05, 3.63) is 0 Å². The molecule has 0 spiro atoms. The molecule has 0 aromatic heterocycles. The van der Waals surface area contributed by atoms with Crippen molar-refractivity contribution in [1.29, 1.82) is 0 Å². The van der Waals surface area contributed by atoms with E-state index in [1.54, 1.807) is 0 Å². The number of hydrogen-bond donors (Lipinski definition) is 2. The first-order chi connectivity index (χ1) is 6.21. The molecule has 4 nitrogen and oxygen atoms in total. The standard InChI is InChI=1S/C10H19NO3/c1-9(2)7(8(12)13)5-6-11(14)10(9,3)4/h7,14H,5-6H2,1-4H3,(H,12,13). The predicted octanol–water partition coefficient (Wildman–Crippen LogP) is 1.59. The largest absolute Gasteiger partial charge is 0.481 e. The Balaban J connectivity index is 3.03. The van der Waals surface area contributed by atoms with Crippen LogP contribution in [-0.2, 0) is 4.79 Å². The third kappa shape index (κ3) is 1.42. The lowest BCUT2D eigenvalue weighted by Crippen LogP contribution is -2.61. The summed E-state index contributed by atoms with van der Waals surface area (Å²) in [5, 5.41) is 20.1. The highest BCUT2D eigenvalue weighted by Gasteiger charge is 2.52. The number of carboxylic acid groups (broad SMARTS) is 1. The molecule has 0 aliphatic carbocycles. The van der Waals surface area contributed by atoms with Crippen molar-refractivity contribution in [2.45, 2.75) is 39.7 Å². The number of carboxylic acids is 1. The molecule has 0 aromatic carbocycles. The number of hydroxylamine groups is 2. The average molecular weight is 201 g/mol. The van der Waals surface area contributed by atoms with Gasteiger partial charge in [0.25, 0.3) is 0 Å². The summed E-state index contributed by atoms with van der Waals surface area (Å²) >= 11 is 0. The molecule has 2 N–H and O–H groups in total. The van der Waals surface area contributed by atoms with Crippen LogP contribution in [0.15, 0.2) is 0 Å². The van der Waals surface area contributed by atoms with Crippen LogP contribution < -0.4 is 0 Å². The molecule has 0 bridgehead atoms. The van der Waals surface area contributed by atoms with Gasteiger partial charge >= 0.3 is 5.97 Å². The Bertz CT molecular complexity index is 248. The predicted molar refractivity (Wildman–Crippen MR) is 52.1 cm³/mol. The minimum atomic E-state index is -0.767. The summed E-state index contributed by atoms with van der Waals surface area (Å²) in [5.74, 6) is -1.16. The Hall–Kier alpha value is -0.610. The van der Waals surface area contributed by atoms with Crippen LogP contribution in [0.3, 0.4) is 0 Å². The van der Waals surface area contributed by atoms with Crippen LogP contribution in [-0.4, -0.2) is 33.4 Å². The molecule has 1 unspecified atom stereocenters. The van der Waals surface area contributed by atoms with Gasteiger partial charge in [-0.15, -0.1) is 0 Å². The Morgan fingerprint density at radius 2 is 1.86 bits per heavy atom. The third-order valence-corrected chi connectivity index (χ3v) is 4.02. The number of aliphatic carboxylic acids is 1.